The number of fused-ring (bicyclic) bond motifs is 1. The maximum atomic E-state index is 4.26. The molecule has 0 bridgehead atoms. The highest BCUT2D eigenvalue weighted by Gasteiger charge is 1.99. The summed E-state index contributed by atoms with van der Waals surface area (Å²) in [5.41, 5.74) is 2.18. The number of benzene rings is 1. The molecule has 0 aliphatic rings. The van der Waals surface area contributed by atoms with E-state index in [1.165, 1.54) is 5.56 Å². The fourth-order valence-electron chi connectivity index (χ4n) is 1.85. The standard InChI is InChI=1S/C14H13N3/c1-2-5-11(6-3-1)10-16-13-9-12-7-4-8-15-14(12)17-13/h1-9,16H,10H2,(H,15,17). The van der Waals surface area contributed by atoms with E-state index in [1.54, 1.807) is 6.20 Å². The molecule has 0 fully saturated rings. The van der Waals surface area contributed by atoms with Crippen molar-refractivity contribution in [2.24, 2.45) is 0 Å². The molecule has 0 saturated carbocycles. The lowest BCUT2D eigenvalue weighted by molar-refractivity contribution is 1.13. The van der Waals surface area contributed by atoms with Crippen LogP contribution in [0.4, 0.5) is 5.82 Å². The van der Waals surface area contributed by atoms with E-state index in [9.17, 15) is 0 Å². The van der Waals surface area contributed by atoms with Crippen LogP contribution in [0.2, 0.25) is 0 Å². The molecule has 2 heterocycles. The molecule has 3 rings (SSSR count). The van der Waals surface area contributed by atoms with Crippen LogP contribution in [-0.2, 0) is 6.54 Å². The lowest BCUT2D eigenvalue weighted by Crippen LogP contribution is -1.98. The van der Waals surface area contributed by atoms with Crippen molar-refractivity contribution in [1.82, 2.24) is 9.97 Å². The van der Waals surface area contributed by atoms with E-state index < -0.39 is 0 Å². The molecule has 0 aliphatic heterocycles. The molecule has 0 spiro atoms. The number of anilines is 1. The number of hydrogen-bond donors (Lipinski definition) is 2. The first kappa shape index (κ1) is 9.90. The fourth-order valence-corrected chi connectivity index (χ4v) is 1.85. The Morgan fingerprint density at radius 3 is 2.76 bits per heavy atom. The molecule has 0 unspecified atom stereocenters. The number of H-pyrrole nitrogens is 1. The third-order valence-electron chi connectivity index (χ3n) is 2.72. The van der Waals surface area contributed by atoms with Gasteiger partial charge in [0.1, 0.15) is 11.5 Å². The molecular formula is C14H13N3. The van der Waals surface area contributed by atoms with Crippen molar-refractivity contribution in [3.8, 4) is 0 Å². The predicted molar refractivity (Wildman–Crippen MR) is 69.9 cm³/mol. The Morgan fingerprint density at radius 2 is 1.94 bits per heavy atom. The Balaban J connectivity index is 1.77. The summed E-state index contributed by atoms with van der Waals surface area (Å²) in [7, 11) is 0. The van der Waals surface area contributed by atoms with Crippen LogP contribution in [0.3, 0.4) is 0 Å². The van der Waals surface area contributed by atoms with E-state index in [0.717, 1.165) is 23.4 Å². The van der Waals surface area contributed by atoms with Crippen LogP contribution < -0.4 is 5.32 Å². The summed E-state index contributed by atoms with van der Waals surface area (Å²) in [5, 5.41) is 4.48. The van der Waals surface area contributed by atoms with Crippen molar-refractivity contribution >= 4 is 16.9 Å². The SMILES string of the molecule is c1ccc(CNc2cc3cccnc3[nH]2)cc1. The van der Waals surface area contributed by atoms with Gasteiger partial charge in [-0.25, -0.2) is 4.98 Å². The molecule has 3 heteroatoms. The van der Waals surface area contributed by atoms with Gasteiger partial charge in [-0.2, -0.15) is 0 Å². The Kier molecular flexibility index (Phi) is 2.50. The van der Waals surface area contributed by atoms with Crippen LogP contribution in [0.15, 0.2) is 54.7 Å². The van der Waals surface area contributed by atoms with E-state index in [-0.39, 0.29) is 0 Å². The highest BCUT2D eigenvalue weighted by Crippen LogP contribution is 2.16. The first-order valence-electron chi connectivity index (χ1n) is 5.63. The second-order valence-corrected chi connectivity index (χ2v) is 3.96. The summed E-state index contributed by atoms with van der Waals surface area (Å²) in [4.78, 5) is 7.50. The topological polar surface area (TPSA) is 40.7 Å². The van der Waals surface area contributed by atoms with Gasteiger partial charge in [-0.05, 0) is 23.8 Å². The predicted octanol–water partition coefficient (Wildman–Crippen LogP) is 3.18. The normalized spacial score (nSPS) is 10.6. The van der Waals surface area contributed by atoms with Crippen molar-refractivity contribution in [2.75, 3.05) is 5.32 Å². The minimum Gasteiger partial charge on any atom is -0.367 e. The van der Waals surface area contributed by atoms with Crippen molar-refractivity contribution in [2.45, 2.75) is 6.54 Å². The molecule has 0 aliphatic carbocycles. The highest BCUT2D eigenvalue weighted by molar-refractivity contribution is 5.80. The fraction of sp³-hybridized carbons (Fsp3) is 0.0714. The Morgan fingerprint density at radius 1 is 1.06 bits per heavy atom. The number of aromatic nitrogens is 2. The van der Waals surface area contributed by atoms with Gasteiger partial charge in [0.25, 0.3) is 0 Å². The maximum Gasteiger partial charge on any atom is 0.138 e. The summed E-state index contributed by atoms with van der Waals surface area (Å²) in [6, 6.07) is 16.4. The molecule has 0 atom stereocenters. The number of nitrogens with zero attached hydrogens (tertiary/aromatic N) is 1. The third-order valence-corrected chi connectivity index (χ3v) is 2.72. The highest BCUT2D eigenvalue weighted by atomic mass is 15.0. The maximum absolute atomic E-state index is 4.26. The number of hydrogen-bond acceptors (Lipinski definition) is 2. The second kappa shape index (κ2) is 4.29. The van der Waals surface area contributed by atoms with Gasteiger partial charge in [0.15, 0.2) is 0 Å². The molecular weight excluding hydrogens is 210 g/mol. The molecule has 0 saturated heterocycles. The van der Waals surface area contributed by atoms with Crippen LogP contribution in [0, 0.1) is 0 Å². The minimum absolute atomic E-state index is 0.813. The number of nitrogens with one attached hydrogen (secondary N) is 2. The molecule has 84 valence electrons. The van der Waals surface area contributed by atoms with E-state index in [1.807, 2.05) is 30.3 Å². The zero-order valence-corrected chi connectivity index (χ0v) is 9.35. The molecule has 3 nitrogen and oxygen atoms in total. The number of rotatable bonds is 3. The largest absolute Gasteiger partial charge is 0.367 e. The van der Waals surface area contributed by atoms with Crippen molar-refractivity contribution in [3.63, 3.8) is 0 Å². The zero-order chi connectivity index (χ0) is 11.5. The van der Waals surface area contributed by atoms with Gasteiger partial charge >= 0.3 is 0 Å². The first-order chi connectivity index (χ1) is 8.42. The molecule has 0 radical (unpaired) electrons. The average molecular weight is 223 g/mol. The molecule has 17 heavy (non-hydrogen) atoms. The molecule has 3 aromatic rings. The Bertz CT molecular complexity index is 580. The van der Waals surface area contributed by atoms with Crippen LogP contribution in [0.1, 0.15) is 5.56 Å². The Labute approximate surface area is 99.5 Å². The summed E-state index contributed by atoms with van der Waals surface area (Å²) in [6.07, 6.45) is 1.79. The summed E-state index contributed by atoms with van der Waals surface area (Å²) in [6.45, 7) is 0.813. The lowest BCUT2D eigenvalue weighted by atomic mass is 10.2. The van der Waals surface area contributed by atoms with Crippen molar-refractivity contribution in [1.29, 1.82) is 0 Å². The van der Waals surface area contributed by atoms with Gasteiger partial charge in [-0.15, -0.1) is 0 Å². The van der Waals surface area contributed by atoms with Crippen LogP contribution in [0.5, 0.6) is 0 Å². The Hall–Kier alpha value is -2.29. The monoisotopic (exact) mass is 223 g/mol. The third kappa shape index (κ3) is 2.13. The van der Waals surface area contributed by atoms with Gasteiger partial charge in [-0.1, -0.05) is 30.3 Å². The smallest absolute Gasteiger partial charge is 0.138 e. The molecule has 2 N–H and O–H groups in total. The zero-order valence-electron chi connectivity index (χ0n) is 9.35. The molecule has 2 aromatic heterocycles. The van der Waals surface area contributed by atoms with Crippen LogP contribution in [-0.4, -0.2) is 9.97 Å². The summed E-state index contributed by atoms with van der Waals surface area (Å²) in [5.74, 6) is 1.00. The molecule has 1 aromatic carbocycles. The van der Waals surface area contributed by atoms with Crippen molar-refractivity contribution < 1.29 is 0 Å². The van der Waals surface area contributed by atoms with Crippen LogP contribution in [0.25, 0.3) is 11.0 Å². The second-order valence-electron chi connectivity index (χ2n) is 3.96. The van der Waals surface area contributed by atoms with Gasteiger partial charge in [0, 0.05) is 18.1 Å². The van der Waals surface area contributed by atoms with E-state index in [4.69, 9.17) is 0 Å². The summed E-state index contributed by atoms with van der Waals surface area (Å²) >= 11 is 0. The van der Waals surface area contributed by atoms with E-state index >= 15 is 0 Å². The quantitative estimate of drug-likeness (QED) is 0.716. The first-order valence-corrected chi connectivity index (χ1v) is 5.63. The van der Waals surface area contributed by atoms with Gasteiger partial charge < -0.3 is 10.3 Å². The molecule has 0 amide bonds. The lowest BCUT2D eigenvalue weighted by Gasteiger charge is -2.02. The van der Waals surface area contributed by atoms with Crippen molar-refractivity contribution in [3.05, 3.63) is 60.3 Å². The number of pyridine rings is 1. The minimum atomic E-state index is 0.813. The summed E-state index contributed by atoms with van der Waals surface area (Å²) < 4.78 is 0. The van der Waals surface area contributed by atoms with Gasteiger partial charge in [0.2, 0.25) is 0 Å². The average Bonchev–Trinajstić information content (AvgIpc) is 2.80. The van der Waals surface area contributed by atoms with Crippen LogP contribution >= 0.6 is 0 Å². The number of aromatic amines is 1. The van der Waals surface area contributed by atoms with Gasteiger partial charge in [0.05, 0.1) is 0 Å². The van der Waals surface area contributed by atoms with E-state index in [0.29, 0.717) is 0 Å². The van der Waals surface area contributed by atoms with Gasteiger partial charge in [-0.3, -0.25) is 0 Å². The van der Waals surface area contributed by atoms with E-state index in [2.05, 4.69) is 33.5 Å².